The van der Waals surface area contributed by atoms with Crippen molar-refractivity contribution in [1.29, 1.82) is 0 Å². The van der Waals surface area contributed by atoms with Crippen molar-refractivity contribution in [1.82, 2.24) is 4.57 Å². The number of nitrogens with zero attached hydrogens (tertiary/aromatic N) is 1. The summed E-state index contributed by atoms with van der Waals surface area (Å²) in [6, 6.07) is 6.52. The Morgan fingerprint density at radius 2 is 2.23 bits per heavy atom. The van der Waals surface area contributed by atoms with Crippen LogP contribution in [0.5, 0.6) is 0 Å². The Hall–Kier alpha value is -1.64. The highest BCUT2D eigenvalue weighted by molar-refractivity contribution is 5.81. The lowest BCUT2D eigenvalue weighted by Crippen LogP contribution is -1.95. The molecule has 13 heavy (non-hydrogen) atoms. The third-order valence-corrected chi connectivity index (χ3v) is 2.03. The van der Waals surface area contributed by atoms with Gasteiger partial charge in [-0.2, -0.15) is 0 Å². The van der Waals surface area contributed by atoms with Gasteiger partial charge in [-0.1, -0.05) is 6.07 Å². The van der Waals surface area contributed by atoms with Gasteiger partial charge in [0.2, 0.25) is 0 Å². The van der Waals surface area contributed by atoms with Crippen LogP contribution in [0.3, 0.4) is 0 Å². The predicted octanol–water partition coefficient (Wildman–Crippen LogP) is 1.98. The van der Waals surface area contributed by atoms with E-state index in [9.17, 15) is 9.18 Å². The second kappa shape index (κ2) is 3.01. The SMILES string of the molecule is O=CCn1ccc2c(F)cccc21. The van der Waals surface area contributed by atoms with Crippen LogP contribution < -0.4 is 0 Å². The summed E-state index contributed by atoms with van der Waals surface area (Å²) in [5.41, 5.74) is 0.757. The molecule has 66 valence electrons. The molecule has 1 heterocycles. The first-order chi connectivity index (χ1) is 6.33. The monoisotopic (exact) mass is 177 g/mol. The molecule has 0 aliphatic rings. The molecule has 0 saturated heterocycles. The van der Waals surface area contributed by atoms with E-state index in [1.54, 1.807) is 29.0 Å². The maximum absolute atomic E-state index is 13.1. The van der Waals surface area contributed by atoms with E-state index in [0.717, 1.165) is 11.8 Å². The van der Waals surface area contributed by atoms with Gasteiger partial charge in [0.15, 0.2) is 0 Å². The van der Waals surface area contributed by atoms with Gasteiger partial charge in [-0.05, 0) is 18.2 Å². The molecule has 0 radical (unpaired) electrons. The first-order valence-electron chi connectivity index (χ1n) is 4.00. The first-order valence-corrected chi connectivity index (χ1v) is 4.00. The number of halogens is 1. The zero-order valence-electron chi connectivity index (χ0n) is 6.90. The number of carbonyl (C=O) groups is 1. The van der Waals surface area contributed by atoms with E-state index in [-0.39, 0.29) is 12.4 Å². The highest BCUT2D eigenvalue weighted by Crippen LogP contribution is 2.18. The number of aromatic nitrogens is 1. The molecule has 0 fully saturated rings. The van der Waals surface area contributed by atoms with Crippen molar-refractivity contribution in [3.8, 4) is 0 Å². The van der Waals surface area contributed by atoms with Crippen LogP contribution in [0.15, 0.2) is 30.5 Å². The van der Waals surface area contributed by atoms with Gasteiger partial charge in [0.25, 0.3) is 0 Å². The van der Waals surface area contributed by atoms with Crippen LogP contribution in [0.4, 0.5) is 4.39 Å². The van der Waals surface area contributed by atoms with E-state index in [2.05, 4.69) is 0 Å². The fraction of sp³-hybridized carbons (Fsp3) is 0.100. The van der Waals surface area contributed by atoms with Crippen LogP contribution in [0.1, 0.15) is 0 Å². The van der Waals surface area contributed by atoms with E-state index < -0.39 is 0 Å². The lowest BCUT2D eigenvalue weighted by atomic mass is 10.2. The van der Waals surface area contributed by atoms with Crippen molar-refractivity contribution < 1.29 is 9.18 Å². The molecule has 0 saturated carbocycles. The molecule has 0 unspecified atom stereocenters. The molecule has 2 nitrogen and oxygen atoms in total. The van der Waals surface area contributed by atoms with Crippen molar-refractivity contribution in [2.75, 3.05) is 0 Å². The molecular formula is C10H8FNO. The molecular weight excluding hydrogens is 169 g/mol. The molecule has 1 aromatic carbocycles. The summed E-state index contributed by atoms with van der Waals surface area (Å²) in [4.78, 5) is 10.3. The summed E-state index contributed by atoms with van der Waals surface area (Å²) in [6.45, 7) is 0.271. The maximum atomic E-state index is 13.1. The van der Waals surface area contributed by atoms with Gasteiger partial charge in [-0.15, -0.1) is 0 Å². The number of aldehydes is 1. The predicted molar refractivity (Wildman–Crippen MR) is 48.0 cm³/mol. The number of hydrogen-bond acceptors (Lipinski definition) is 1. The topological polar surface area (TPSA) is 22.0 Å². The standard InChI is InChI=1S/C10H8FNO/c11-9-2-1-3-10-8(9)4-5-12(10)6-7-13/h1-5,7H,6H2. The summed E-state index contributed by atoms with van der Waals surface area (Å²) in [5, 5.41) is 0.560. The third kappa shape index (κ3) is 1.22. The van der Waals surface area contributed by atoms with Crippen LogP contribution in [0, 0.1) is 5.82 Å². The van der Waals surface area contributed by atoms with E-state index in [1.165, 1.54) is 6.07 Å². The molecule has 0 bridgehead atoms. The van der Waals surface area contributed by atoms with Gasteiger partial charge in [0.1, 0.15) is 12.1 Å². The lowest BCUT2D eigenvalue weighted by molar-refractivity contribution is -0.108. The van der Waals surface area contributed by atoms with Crippen molar-refractivity contribution in [2.24, 2.45) is 0 Å². The zero-order valence-corrected chi connectivity index (χ0v) is 6.90. The molecule has 1 aromatic heterocycles. The number of hydrogen-bond donors (Lipinski definition) is 0. The Balaban J connectivity index is 2.67. The lowest BCUT2D eigenvalue weighted by Gasteiger charge is -1.98. The Labute approximate surface area is 74.6 Å². The molecule has 0 spiro atoms. The van der Waals surface area contributed by atoms with Crippen LogP contribution in [0.2, 0.25) is 0 Å². The van der Waals surface area contributed by atoms with Gasteiger partial charge in [0.05, 0.1) is 12.1 Å². The summed E-state index contributed by atoms with van der Waals surface area (Å²) >= 11 is 0. The van der Waals surface area contributed by atoms with E-state index in [4.69, 9.17) is 0 Å². The van der Waals surface area contributed by atoms with Crippen LogP contribution >= 0.6 is 0 Å². The molecule has 3 heteroatoms. The fourth-order valence-corrected chi connectivity index (χ4v) is 1.43. The van der Waals surface area contributed by atoms with Crippen LogP contribution in [-0.2, 0) is 11.3 Å². The highest BCUT2D eigenvalue weighted by Gasteiger charge is 2.03. The number of fused-ring (bicyclic) bond motifs is 1. The molecule has 2 aromatic rings. The number of rotatable bonds is 2. The molecule has 0 N–H and O–H groups in total. The normalized spacial score (nSPS) is 10.5. The smallest absolute Gasteiger partial charge is 0.139 e. The van der Waals surface area contributed by atoms with Crippen molar-refractivity contribution in [2.45, 2.75) is 6.54 Å². The van der Waals surface area contributed by atoms with Crippen molar-refractivity contribution in [3.63, 3.8) is 0 Å². The Bertz CT molecular complexity index is 447. The summed E-state index contributed by atoms with van der Waals surface area (Å²) < 4.78 is 14.9. The van der Waals surface area contributed by atoms with E-state index in [1.807, 2.05) is 0 Å². The quantitative estimate of drug-likeness (QED) is 0.643. The maximum Gasteiger partial charge on any atom is 0.139 e. The average Bonchev–Trinajstić information content (AvgIpc) is 2.51. The molecule has 0 atom stereocenters. The second-order valence-corrected chi connectivity index (χ2v) is 2.81. The van der Waals surface area contributed by atoms with Crippen molar-refractivity contribution in [3.05, 3.63) is 36.3 Å². The number of carbonyl (C=O) groups excluding carboxylic acids is 1. The Kier molecular flexibility index (Phi) is 1.85. The minimum absolute atomic E-state index is 0.248. The van der Waals surface area contributed by atoms with Gasteiger partial charge >= 0.3 is 0 Å². The zero-order chi connectivity index (χ0) is 9.26. The van der Waals surface area contributed by atoms with Gasteiger partial charge in [-0.3, -0.25) is 0 Å². The highest BCUT2D eigenvalue weighted by atomic mass is 19.1. The Morgan fingerprint density at radius 1 is 1.38 bits per heavy atom. The second-order valence-electron chi connectivity index (χ2n) is 2.81. The van der Waals surface area contributed by atoms with Crippen molar-refractivity contribution >= 4 is 17.2 Å². The Morgan fingerprint density at radius 3 is 3.00 bits per heavy atom. The van der Waals surface area contributed by atoms with Crippen LogP contribution in [-0.4, -0.2) is 10.9 Å². The van der Waals surface area contributed by atoms with Gasteiger partial charge in [-0.25, -0.2) is 4.39 Å². The van der Waals surface area contributed by atoms with Crippen LogP contribution in [0.25, 0.3) is 10.9 Å². The molecule has 0 aliphatic carbocycles. The third-order valence-electron chi connectivity index (χ3n) is 2.03. The minimum atomic E-state index is -0.248. The molecule has 2 rings (SSSR count). The molecule has 0 amide bonds. The summed E-state index contributed by atoms with van der Waals surface area (Å²) in [7, 11) is 0. The molecule has 0 aliphatic heterocycles. The van der Waals surface area contributed by atoms with E-state index in [0.29, 0.717) is 5.39 Å². The summed E-state index contributed by atoms with van der Waals surface area (Å²) in [6.07, 6.45) is 2.51. The number of benzene rings is 1. The fourth-order valence-electron chi connectivity index (χ4n) is 1.43. The van der Waals surface area contributed by atoms with E-state index >= 15 is 0 Å². The average molecular weight is 177 g/mol. The largest absolute Gasteiger partial charge is 0.340 e. The van der Waals surface area contributed by atoms with Gasteiger partial charge in [0, 0.05) is 11.6 Å². The van der Waals surface area contributed by atoms with Gasteiger partial charge < -0.3 is 9.36 Å². The summed E-state index contributed by atoms with van der Waals surface area (Å²) in [5.74, 6) is -0.248. The minimum Gasteiger partial charge on any atom is -0.340 e. The first kappa shape index (κ1) is 7.98.